The van der Waals surface area contributed by atoms with Gasteiger partial charge in [-0.05, 0) is 43.9 Å². The normalized spacial score (nSPS) is 21.7. The number of phenols is 1. The number of amides is 1. The number of carbonyl (C=O) groups is 2. The lowest BCUT2D eigenvalue weighted by Gasteiger charge is -2.28. The van der Waals surface area contributed by atoms with Crippen molar-refractivity contribution in [3.05, 3.63) is 29.3 Å². The second kappa shape index (κ2) is 6.67. The summed E-state index contributed by atoms with van der Waals surface area (Å²) in [6, 6.07) is 4.25. The number of hydrogen-bond donors (Lipinski definition) is 1. The minimum atomic E-state index is -3.10. The summed E-state index contributed by atoms with van der Waals surface area (Å²) in [7, 11) is -3.10. The third-order valence-corrected chi connectivity index (χ3v) is 6.28. The molecule has 1 aromatic rings. The predicted molar refractivity (Wildman–Crippen MR) is 90.1 cm³/mol. The molecule has 1 aliphatic heterocycles. The molecule has 1 aliphatic carbocycles. The molecule has 1 saturated carbocycles. The highest BCUT2D eigenvalue weighted by Gasteiger charge is 2.42. The van der Waals surface area contributed by atoms with E-state index in [0.717, 1.165) is 18.4 Å². The molecule has 0 unspecified atom stereocenters. The molecule has 25 heavy (non-hydrogen) atoms. The molecule has 1 amide bonds. The Kier molecular flexibility index (Phi) is 4.73. The lowest BCUT2D eigenvalue weighted by molar-refractivity contribution is -0.137. The van der Waals surface area contributed by atoms with Crippen molar-refractivity contribution in [2.45, 2.75) is 38.3 Å². The van der Waals surface area contributed by atoms with Crippen molar-refractivity contribution in [1.82, 2.24) is 4.90 Å². The van der Waals surface area contributed by atoms with Crippen LogP contribution < -0.4 is 0 Å². The number of benzene rings is 1. The van der Waals surface area contributed by atoms with E-state index in [2.05, 4.69) is 0 Å². The van der Waals surface area contributed by atoms with Crippen molar-refractivity contribution in [1.29, 1.82) is 0 Å². The number of esters is 1. The highest BCUT2D eigenvalue weighted by molar-refractivity contribution is 7.91. The summed E-state index contributed by atoms with van der Waals surface area (Å²) < 4.78 is 28.4. The summed E-state index contributed by atoms with van der Waals surface area (Å²) in [4.78, 5) is 26.1. The van der Waals surface area contributed by atoms with E-state index in [-0.39, 0.29) is 40.8 Å². The molecule has 2 fully saturated rings. The molecule has 8 heteroatoms. The van der Waals surface area contributed by atoms with Crippen LogP contribution in [0.1, 0.15) is 35.2 Å². The van der Waals surface area contributed by atoms with Gasteiger partial charge in [0.15, 0.2) is 16.4 Å². The highest BCUT2D eigenvalue weighted by Crippen LogP contribution is 2.32. The van der Waals surface area contributed by atoms with E-state index in [1.54, 1.807) is 17.9 Å². The van der Waals surface area contributed by atoms with E-state index >= 15 is 0 Å². The van der Waals surface area contributed by atoms with Crippen LogP contribution in [0.25, 0.3) is 0 Å². The van der Waals surface area contributed by atoms with Crippen LogP contribution in [0.3, 0.4) is 0 Å². The topological polar surface area (TPSA) is 101 Å². The number of ether oxygens (including phenoxy) is 1. The van der Waals surface area contributed by atoms with E-state index in [0.29, 0.717) is 6.42 Å². The molecule has 136 valence electrons. The van der Waals surface area contributed by atoms with Gasteiger partial charge in [0.25, 0.3) is 5.91 Å². The average Bonchev–Trinajstić information content (AvgIpc) is 3.29. The molecule has 2 aliphatic rings. The molecule has 0 spiro atoms. The largest absolute Gasteiger partial charge is 0.507 e. The van der Waals surface area contributed by atoms with Crippen LogP contribution in [-0.4, -0.2) is 60.5 Å². The molecule has 0 radical (unpaired) electrons. The Morgan fingerprint density at radius 3 is 2.52 bits per heavy atom. The molecular weight excluding hydrogens is 346 g/mol. The van der Waals surface area contributed by atoms with Gasteiger partial charge in [-0.25, -0.2) is 13.2 Å². The number of carbonyl (C=O) groups excluding carboxylic acids is 2. The molecule has 3 rings (SSSR count). The summed E-state index contributed by atoms with van der Waals surface area (Å²) in [5.74, 6) is -1.30. The Morgan fingerprint density at radius 2 is 1.96 bits per heavy atom. The van der Waals surface area contributed by atoms with Crippen LogP contribution in [0, 0.1) is 6.92 Å². The number of phenolic OH excluding ortho intramolecular Hbond substituents is 1. The number of aromatic hydroxyl groups is 1. The molecule has 1 heterocycles. The fourth-order valence-corrected chi connectivity index (χ4v) is 4.86. The maximum Gasteiger partial charge on any atom is 0.342 e. The number of aryl methyl sites for hydroxylation is 1. The van der Waals surface area contributed by atoms with Crippen molar-refractivity contribution in [2.75, 3.05) is 18.1 Å². The first-order chi connectivity index (χ1) is 11.8. The van der Waals surface area contributed by atoms with Crippen molar-refractivity contribution in [3.63, 3.8) is 0 Å². The third kappa shape index (κ3) is 4.12. The molecule has 7 nitrogen and oxygen atoms in total. The van der Waals surface area contributed by atoms with Crippen LogP contribution in [0.4, 0.5) is 0 Å². The third-order valence-electron chi connectivity index (χ3n) is 4.53. The van der Waals surface area contributed by atoms with Crippen LogP contribution in [-0.2, 0) is 19.4 Å². The van der Waals surface area contributed by atoms with Crippen molar-refractivity contribution < 1.29 is 27.9 Å². The Labute approximate surface area is 146 Å². The summed E-state index contributed by atoms with van der Waals surface area (Å²) in [6.07, 6.45) is 2.11. The predicted octanol–water partition coefficient (Wildman–Crippen LogP) is 1.04. The van der Waals surface area contributed by atoms with Gasteiger partial charge in [0.2, 0.25) is 0 Å². The fourth-order valence-electron chi connectivity index (χ4n) is 3.15. The van der Waals surface area contributed by atoms with Crippen LogP contribution in [0.5, 0.6) is 5.75 Å². The Morgan fingerprint density at radius 1 is 1.24 bits per heavy atom. The van der Waals surface area contributed by atoms with Gasteiger partial charge in [-0.15, -0.1) is 0 Å². The first-order valence-corrected chi connectivity index (χ1v) is 10.1. The SMILES string of the molecule is Cc1ccc(C(=O)OCC(=O)N(C2CC2)[C@H]2CCS(=O)(=O)C2)c(O)c1. The van der Waals surface area contributed by atoms with E-state index in [9.17, 15) is 23.1 Å². The zero-order valence-corrected chi connectivity index (χ0v) is 14.8. The summed E-state index contributed by atoms with van der Waals surface area (Å²) in [5.41, 5.74) is 0.798. The zero-order valence-electron chi connectivity index (χ0n) is 14.0. The van der Waals surface area contributed by atoms with Crippen LogP contribution >= 0.6 is 0 Å². The summed E-state index contributed by atoms with van der Waals surface area (Å²) in [5, 5.41) is 9.80. The van der Waals surface area contributed by atoms with Gasteiger partial charge >= 0.3 is 5.97 Å². The van der Waals surface area contributed by atoms with Crippen molar-refractivity contribution in [3.8, 4) is 5.75 Å². The van der Waals surface area contributed by atoms with Crippen LogP contribution in [0.15, 0.2) is 18.2 Å². The Bertz CT molecular complexity index is 799. The minimum Gasteiger partial charge on any atom is -0.507 e. The van der Waals surface area contributed by atoms with Crippen molar-refractivity contribution in [2.24, 2.45) is 0 Å². The molecule has 1 saturated heterocycles. The number of sulfone groups is 1. The average molecular weight is 367 g/mol. The summed E-state index contributed by atoms with van der Waals surface area (Å²) in [6.45, 7) is 1.32. The standard InChI is InChI=1S/C17H21NO6S/c1-11-2-5-14(15(19)8-11)17(21)24-9-16(20)18(12-3-4-12)13-6-7-25(22,23)10-13/h2,5,8,12-13,19H,3-4,6-7,9-10H2,1H3/t13-/m0/s1. The van der Waals surface area contributed by atoms with Crippen molar-refractivity contribution >= 4 is 21.7 Å². The lowest BCUT2D eigenvalue weighted by atomic mass is 10.1. The molecule has 1 aromatic carbocycles. The van der Waals surface area contributed by atoms with Gasteiger partial charge in [-0.3, -0.25) is 4.79 Å². The number of rotatable bonds is 5. The monoisotopic (exact) mass is 367 g/mol. The first kappa shape index (κ1) is 17.7. The molecule has 0 bridgehead atoms. The Balaban J connectivity index is 1.63. The second-order valence-electron chi connectivity index (χ2n) is 6.69. The molecule has 0 aromatic heterocycles. The zero-order chi connectivity index (χ0) is 18.2. The van der Waals surface area contributed by atoms with E-state index in [4.69, 9.17) is 4.74 Å². The summed E-state index contributed by atoms with van der Waals surface area (Å²) >= 11 is 0. The minimum absolute atomic E-state index is 0.000170. The first-order valence-electron chi connectivity index (χ1n) is 8.25. The lowest BCUT2D eigenvalue weighted by Crippen LogP contribution is -2.44. The van der Waals surface area contributed by atoms with Gasteiger partial charge in [-0.2, -0.15) is 0 Å². The van der Waals surface area contributed by atoms with Gasteiger partial charge < -0.3 is 14.7 Å². The van der Waals surface area contributed by atoms with Gasteiger partial charge in [0.05, 0.1) is 11.5 Å². The Hall–Kier alpha value is -2.09. The smallest absolute Gasteiger partial charge is 0.342 e. The van der Waals surface area contributed by atoms with E-state index in [1.165, 1.54) is 12.1 Å². The van der Waals surface area contributed by atoms with Gasteiger partial charge in [-0.1, -0.05) is 6.07 Å². The fraction of sp³-hybridized carbons (Fsp3) is 0.529. The van der Waals surface area contributed by atoms with E-state index in [1.807, 2.05) is 0 Å². The van der Waals surface area contributed by atoms with Crippen LogP contribution in [0.2, 0.25) is 0 Å². The maximum absolute atomic E-state index is 12.5. The highest BCUT2D eigenvalue weighted by atomic mass is 32.2. The van der Waals surface area contributed by atoms with Gasteiger partial charge in [0.1, 0.15) is 11.3 Å². The molecule has 1 N–H and O–H groups in total. The molecular formula is C17H21NO6S. The number of hydrogen-bond acceptors (Lipinski definition) is 6. The number of nitrogens with zero attached hydrogens (tertiary/aromatic N) is 1. The van der Waals surface area contributed by atoms with Gasteiger partial charge in [0, 0.05) is 12.1 Å². The molecule has 1 atom stereocenters. The van der Waals surface area contributed by atoms with E-state index < -0.39 is 22.4 Å². The quantitative estimate of drug-likeness (QED) is 0.780. The second-order valence-corrected chi connectivity index (χ2v) is 8.91. The maximum atomic E-state index is 12.5.